The third kappa shape index (κ3) is 2.12. The number of furan rings is 1. The highest BCUT2D eigenvalue weighted by atomic mass is 16.3. The summed E-state index contributed by atoms with van der Waals surface area (Å²) in [4.78, 5) is 0. The maximum absolute atomic E-state index is 9.30. The van der Waals surface area contributed by atoms with Crippen molar-refractivity contribution < 1.29 is 4.42 Å². The van der Waals surface area contributed by atoms with Crippen molar-refractivity contribution in [3.8, 4) is 11.8 Å². The summed E-state index contributed by atoms with van der Waals surface area (Å²) in [6.07, 6.45) is 1.30. The lowest BCUT2D eigenvalue weighted by Crippen LogP contribution is -2.00. The van der Waals surface area contributed by atoms with Gasteiger partial charge in [0.25, 0.3) is 0 Å². The fourth-order valence-electron chi connectivity index (χ4n) is 4.42. The Morgan fingerprint density at radius 2 is 1.60 bits per heavy atom. The molecule has 0 fully saturated rings. The molecule has 0 amide bonds. The van der Waals surface area contributed by atoms with Gasteiger partial charge in [-0.2, -0.15) is 5.26 Å². The first kappa shape index (κ1) is 16.6. The van der Waals surface area contributed by atoms with Crippen LogP contribution in [0.2, 0.25) is 0 Å². The van der Waals surface area contributed by atoms with Crippen molar-refractivity contribution in [1.82, 2.24) is 4.57 Å². The van der Waals surface area contributed by atoms with E-state index in [4.69, 9.17) is 9.83 Å². The Morgan fingerprint density at radius 1 is 0.833 bits per heavy atom. The van der Waals surface area contributed by atoms with Crippen LogP contribution in [0, 0.1) is 16.7 Å². The third-order valence-electron chi connectivity index (χ3n) is 5.73. The zero-order valence-electron chi connectivity index (χ0n) is 15.9. The molecule has 0 aliphatic heterocycles. The largest absolute Gasteiger partial charge is 0.454 e. The average Bonchev–Trinajstić information content (AvgIpc) is 3.34. The molecule has 0 radical (unpaired) electrons. The van der Waals surface area contributed by atoms with Crippen LogP contribution < -0.4 is 0 Å². The molecule has 0 unspecified atom stereocenters. The van der Waals surface area contributed by atoms with E-state index in [1.807, 2.05) is 36.4 Å². The van der Waals surface area contributed by atoms with Crippen LogP contribution in [0.5, 0.6) is 0 Å². The van der Waals surface area contributed by atoms with E-state index in [1.54, 1.807) is 12.1 Å². The Hall–Kier alpha value is -4.36. The molecule has 0 saturated heterocycles. The molecule has 4 heteroatoms. The number of rotatable bonds is 2. The van der Waals surface area contributed by atoms with Gasteiger partial charge in [-0.05, 0) is 36.4 Å². The van der Waals surface area contributed by atoms with E-state index < -0.39 is 0 Å². The van der Waals surface area contributed by atoms with Gasteiger partial charge in [0, 0.05) is 33.3 Å². The Kier molecular flexibility index (Phi) is 3.35. The fraction of sp³-hybridized carbons (Fsp3) is 0. The summed E-state index contributed by atoms with van der Waals surface area (Å²) in [6.45, 7) is 0. The van der Waals surface area contributed by atoms with Gasteiger partial charge in [-0.25, -0.2) is 0 Å². The standard InChI is InChI=1S/C26H15N3O/c27-14-16-9-12-22(17(13-16)15-28)29-23-7-3-1-5-18(23)20-10-11-21-19-6-2-4-8-24(19)30-26(21)25(20)29/h1-13,15,28H. The third-order valence-corrected chi connectivity index (χ3v) is 5.73. The molecule has 6 rings (SSSR count). The molecular formula is C26H15N3O. The molecule has 1 N–H and O–H groups in total. The number of benzene rings is 4. The van der Waals surface area contributed by atoms with Crippen molar-refractivity contribution in [1.29, 1.82) is 10.7 Å². The maximum atomic E-state index is 9.30. The van der Waals surface area contributed by atoms with Gasteiger partial charge in [-0.1, -0.05) is 42.5 Å². The Bertz CT molecular complexity index is 1680. The van der Waals surface area contributed by atoms with Gasteiger partial charge in [0.1, 0.15) is 5.58 Å². The van der Waals surface area contributed by atoms with Gasteiger partial charge < -0.3 is 14.4 Å². The van der Waals surface area contributed by atoms with E-state index >= 15 is 0 Å². The molecule has 0 atom stereocenters. The second kappa shape index (κ2) is 6.07. The predicted molar refractivity (Wildman–Crippen MR) is 121 cm³/mol. The van der Waals surface area contributed by atoms with Crippen LogP contribution in [0.25, 0.3) is 49.4 Å². The predicted octanol–water partition coefficient (Wildman–Crippen LogP) is 6.55. The molecular weight excluding hydrogens is 370 g/mol. The van der Waals surface area contributed by atoms with Gasteiger partial charge in [-0.15, -0.1) is 0 Å². The zero-order chi connectivity index (χ0) is 20.2. The summed E-state index contributed by atoms with van der Waals surface area (Å²) in [7, 11) is 0. The summed E-state index contributed by atoms with van der Waals surface area (Å²) < 4.78 is 8.50. The van der Waals surface area contributed by atoms with Crippen LogP contribution in [0.15, 0.2) is 83.3 Å². The second-order valence-electron chi connectivity index (χ2n) is 7.32. The molecule has 4 aromatic carbocycles. The molecule has 0 aliphatic carbocycles. The second-order valence-corrected chi connectivity index (χ2v) is 7.32. The summed E-state index contributed by atoms with van der Waals surface area (Å²) >= 11 is 0. The molecule has 30 heavy (non-hydrogen) atoms. The number of hydrogen-bond donors (Lipinski definition) is 1. The first-order valence-electron chi connectivity index (χ1n) is 9.68. The Morgan fingerprint density at radius 3 is 2.43 bits per heavy atom. The minimum Gasteiger partial charge on any atom is -0.454 e. The van der Waals surface area contributed by atoms with Crippen LogP contribution in [0.3, 0.4) is 0 Å². The zero-order valence-corrected chi connectivity index (χ0v) is 15.9. The summed E-state index contributed by atoms with van der Waals surface area (Å²) in [5, 5.41) is 21.6. The Labute approximate surface area is 171 Å². The van der Waals surface area contributed by atoms with Gasteiger partial charge in [-0.3, -0.25) is 0 Å². The minimum atomic E-state index is 0.534. The van der Waals surface area contributed by atoms with Crippen molar-refractivity contribution in [2.45, 2.75) is 0 Å². The number of nitrogens with zero attached hydrogens (tertiary/aromatic N) is 2. The van der Waals surface area contributed by atoms with Crippen molar-refractivity contribution in [2.24, 2.45) is 0 Å². The van der Waals surface area contributed by atoms with Crippen LogP contribution in [0.1, 0.15) is 11.1 Å². The first-order chi connectivity index (χ1) is 14.8. The smallest absolute Gasteiger partial charge is 0.160 e. The highest BCUT2D eigenvalue weighted by molar-refractivity contribution is 6.21. The summed E-state index contributed by atoms with van der Waals surface area (Å²) in [6, 6.07) is 28.2. The lowest BCUT2D eigenvalue weighted by Gasteiger charge is -2.11. The minimum absolute atomic E-state index is 0.534. The van der Waals surface area contributed by atoms with Crippen LogP contribution in [-0.2, 0) is 0 Å². The van der Waals surface area contributed by atoms with Crippen LogP contribution in [0.4, 0.5) is 0 Å². The number of para-hydroxylation sites is 2. The van der Waals surface area contributed by atoms with E-state index in [9.17, 15) is 5.26 Å². The van der Waals surface area contributed by atoms with Gasteiger partial charge in [0.15, 0.2) is 5.58 Å². The average molecular weight is 385 g/mol. The van der Waals surface area contributed by atoms with E-state index in [1.165, 1.54) is 6.21 Å². The number of aromatic nitrogens is 1. The van der Waals surface area contributed by atoms with Crippen molar-refractivity contribution >= 4 is 50.0 Å². The van der Waals surface area contributed by atoms with E-state index in [0.29, 0.717) is 11.1 Å². The number of nitriles is 1. The van der Waals surface area contributed by atoms with E-state index in [0.717, 1.165) is 49.4 Å². The van der Waals surface area contributed by atoms with Gasteiger partial charge in [0.2, 0.25) is 0 Å². The van der Waals surface area contributed by atoms with Gasteiger partial charge >= 0.3 is 0 Å². The quantitative estimate of drug-likeness (QED) is 0.343. The van der Waals surface area contributed by atoms with Gasteiger partial charge in [0.05, 0.1) is 28.4 Å². The van der Waals surface area contributed by atoms with Crippen LogP contribution >= 0.6 is 0 Å². The van der Waals surface area contributed by atoms with Crippen LogP contribution in [-0.4, -0.2) is 10.8 Å². The SMILES string of the molecule is N#Cc1ccc(-n2c3ccccc3c3ccc4c5ccccc5oc4c32)c(C=N)c1. The number of hydrogen-bond acceptors (Lipinski definition) is 3. The number of fused-ring (bicyclic) bond motifs is 7. The molecule has 0 bridgehead atoms. The first-order valence-corrected chi connectivity index (χ1v) is 9.68. The van der Waals surface area contributed by atoms with Crippen molar-refractivity contribution in [2.75, 3.05) is 0 Å². The molecule has 0 spiro atoms. The monoisotopic (exact) mass is 385 g/mol. The fourth-order valence-corrected chi connectivity index (χ4v) is 4.42. The molecule has 6 aromatic rings. The van der Waals surface area contributed by atoms with E-state index in [-0.39, 0.29) is 0 Å². The summed E-state index contributed by atoms with van der Waals surface area (Å²) in [5.41, 5.74) is 5.75. The molecule has 2 heterocycles. The molecule has 140 valence electrons. The number of nitrogens with one attached hydrogen (secondary N) is 1. The Balaban J connectivity index is 1.87. The topological polar surface area (TPSA) is 65.7 Å². The normalized spacial score (nSPS) is 11.4. The lowest BCUT2D eigenvalue weighted by atomic mass is 10.1. The van der Waals surface area contributed by atoms with Crippen molar-refractivity contribution in [3.63, 3.8) is 0 Å². The summed E-state index contributed by atoms with van der Waals surface area (Å²) in [5.74, 6) is 0. The van der Waals surface area contributed by atoms with E-state index in [2.05, 4.69) is 41.0 Å². The maximum Gasteiger partial charge on any atom is 0.160 e. The molecule has 2 aromatic heterocycles. The molecule has 0 aliphatic rings. The lowest BCUT2D eigenvalue weighted by molar-refractivity contribution is 0.671. The molecule has 4 nitrogen and oxygen atoms in total. The highest BCUT2D eigenvalue weighted by Gasteiger charge is 2.19. The highest BCUT2D eigenvalue weighted by Crippen LogP contribution is 2.40. The molecule has 0 saturated carbocycles. The van der Waals surface area contributed by atoms with Crippen molar-refractivity contribution in [3.05, 3.63) is 90.0 Å².